The first-order valence-electron chi connectivity index (χ1n) is 5.79. The fraction of sp³-hybridized carbons (Fsp3) is 0.133. The quantitative estimate of drug-likeness (QED) is 0.846. The van der Waals surface area contributed by atoms with E-state index < -0.39 is 0 Å². The van der Waals surface area contributed by atoms with Gasteiger partial charge in [-0.15, -0.1) is 0 Å². The molecule has 2 aromatic carbocycles. The molecule has 0 saturated carbocycles. The van der Waals surface area contributed by atoms with Crippen molar-refractivity contribution in [1.29, 1.82) is 5.26 Å². The van der Waals surface area contributed by atoms with Gasteiger partial charge in [0.2, 0.25) is 0 Å². The first kappa shape index (κ1) is 14.4. The summed E-state index contributed by atoms with van der Waals surface area (Å²) in [6.45, 7) is 0.194. The van der Waals surface area contributed by atoms with Crippen molar-refractivity contribution in [3.05, 3.63) is 57.8 Å². The molecule has 20 heavy (non-hydrogen) atoms. The van der Waals surface area contributed by atoms with Gasteiger partial charge >= 0.3 is 0 Å². The number of halogens is 2. The van der Waals surface area contributed by atoms with Crippen molar-refractivity contribution in [3.8, 4) is 17.6 Å². The normalized spacial score (nSPS) is 9.90. The van der Waals surface area contributed by atoms with Gasteiger partial charge in [-0.05, 0) is 46.3 Å². The lowest BCUT2D eigenvalue weighted by molar-refractivity contribution is 0.295. The second-order valence-corrected chi connectivity index (χ2v) is 4.86. The summed E-state index contributed by atoms with van der Waals surface area (Å²) in [5.74, 6) is 0.650. The second-order valence-electron chi connectivity index (χ2n) is 4.00. The average Bonchev–Trinajstić information content (AvgIpc) is 2.48. The zero-order chi connectivity index (χ0) is 14.5. The minimum absolute atomic E-state index is 0.194. The molecule has 0 bridgehead atoms. The van der Waals surface area contributed by atoms with E-state index in [1.807, 2.05) is 0 Å². The number of hydrogen-bond acceptors (Lipinski definition) is 3. The zero-order valence-electron chi connectivity index (χ0n) is 10.7. The van der Waals surface area contributed by atoms with Crippen molar-refractivity contribution >= 4 is 15.9 Å². The predicted octanol–water partition coefficient (Wildman–Crippen LogP) is 4.05. The molecule has 3 nitrogen and oxygen atoms in total. The Labute approximate surface area is 124 Å². The van der Waals surface area contributed by atoms with Crippen LogP contribution in [0.2, 0.25) is 0 Å². The second kappa shape index (κ2) is 6.40. The molecule has 5 heteroatoms. The van der Waals surface area contributed by atoms with Crippen LogP contribution in [0.4, 0.5) is 4.39 Å². The van der Waals surface area contributed by atoms with Crippen LogP contribution in [-0.4, -0.2) is 7.11 Å². The van der Waals surface area contributed by atoms with Gasteiger partial charge in [-0.1, -0.05) is 0 Å². The minimum Gasteiger partial charge on any atom is -0.496 e. The Morgan fingerprint density at radius 2 is 2.05 bits per heavy atom. The molecule has 0 fully saturated rings. The maximum Gasteiger partial charge on any atom is 0.141 e. The van der Waals surface area contributed by atoms with Gasteiger partial charge in [-0.3, -0.25) is 0 Å². The molecular formula is C15H11BrFNO2. The number of benzene rings is 2. The van der Waals surface area contributed by atoms with Crippen LogP contribution in [0.5, 0.6) is 11.5 Å². The number of nitriles is 1. The Morgan fingerprint density at radius 3 is 2.70 bits per heavy atom. The summed E-state index contributed by atoms with van der Waals surface area (Å²) in [4.78, 5) is 0. The van der Waals surface area contributed by atoms with Crippen LogP contribution in [-0.2, 0) is 6.61 Å². The summed E-state index contributed by atoms with van der Waals surface area (Å²) < 4.78 is 24.5. The Bertz CT molecular complexity index is 667. The lowest BCUT2D eigenvalue weighted by Gasteiger charge is -2.11. The predicted molar refractivity (Wildman–Crippen MR) is 76.1 cm³/mol. The molecule has 0 heterocycles. The number of methoxy groups -OCH3 is 1. The number of hydrogen-bond donors (Lipinski definition) is 0. The van der Waals surface area contributed by atoms with Crippen molar-refractivity contribution in [2.45, 2.75) is 6.61 Å². The fourth-order valence-electron chi connectivity index (χ4n) is 1.69. The molecule has 0 radical (unpaired) electrons. The first-order chi connectivity index (χ1) is 9.63. The molecule has 0 N–H and O–H groups in total. The average molecular weight is 336 g/mol. The number of nitrogens with zero attached hydrogens (tertiary/aromatic N) is 1. The van der Waals surface area contributed by atoms with Crippen LogP contribution < -0.4 is 9.47 Å². The molecule has 0 amide bonds. The summed E-state index contributed by atoms with van der Waals surface area (Å²) in [7, 11) is 1.55. The van der Waals surface area contributed by atoms with Gasteiger partial charge in [-0.25, -0.2) is 4.39 Å². The molecule has 0 aromatic heterocycles. The summed E-state index contributed by atoms with van der Waals surface area (Å²) in [5, 5.41) is 8.89. The Morgan fingerprint density at radius 1 is 1.25 bits per heavy atom. The fourth-order valence-corrected chi connectivity index (χ4v) is 1.94. The van der Waals surface area contributed by atoms with Crippen LogP contribution >= 0.6 is 15.9 Å². The van der Waals surface area contributed by atoms with Gasteiger partial charge in [0.05, 0.1) is 23.2 Å². The van der Waals surface area contributed by atoms with E-state index >= 15 is 0 Å². The molecule has 0 aliphatic rings. The minimum atomic E-state index is -0.389. The molecular weight excluding hydrogens is 325 g/mol. The Hall–Kier alpha value is -2.06. The lowest BCUT2D eigenvalue weighted by Crippen LogP contribution is -1.99. The van der Waals surface area contributed by atoms with Crippen LogP contribution in [0, 0.1) is 17.1 Å². The molecule has 0 unspecified atom stereocenters. The molecule has 0 aliphatic heterocycles. The summed E-state index contributed by atoms with van der Waals surface area (Å²) in [6.07, 6.45) is 0. The highest BCUT2D eigenvalue weighted by atomic mass is 79.9. The van der Waals surface area contributed by atoms with Crippen LogP contribution in [0.25, 0.3) is 0 Å². The summed E-state index contributed by atoms with van der Waals surface area (Å²) >= 11 is 3.08. The molecule has 0 spiro atoms. The van der Waals surface area contributed by atoms with Crippen molar-refractivity contribution in [2.24, 2.45) is 0 Å². The molecule has 2 aromatic rings. The van der Waals surface area contributed by atoms with Gasteiger partial charge in [0.15, 0.2) is 0 Å². The zero-order valence-corrected chi connectivity index (χ0v) is 12.3. The Kier molecular flexibility index (Phi) is 4.59. The van der Waals surface area contributed by atoms with Crippen molar-refractivity contribution < 1.29 is 13.9 Å². The third kappa shape index (κ3) is 3.28. The topological polar surface area (TPSA) is 42.2 Å². The van der Waals surface area contributed by atoms with Gasteiger partial charge in [-0.2, -0.15) is 5.26 Å². The largest absolute Gasteiger partial charge is 0.496 e. The molecule has 0 aliphatic carbocycles. The maximum atomic E-state index is 13.4. The standard InChI is InChI=1S/C15H11BrFNO2/c1-19-15-5-2-10(8-18)6-11(15)9-20-12-3-4-13(16)14(17)7-12/h2-7H,9H2,1H3. The third-order valence-electron chi connectivity index (χ3n) is 2.69. The SMILES string of the molecule is COc1ccc(C#N)cc1COc1ccc(Br)c(F)c1. The molecule has 2 rings (SSSR count). The van der Waals surface area contributed by atoms with Crippen LogP contribution in [0.3, 0.4) is 0 Å². The smallest absolute Gasteiger partial charge is 0.141 e. The van der Waals surface area contributed by atoms with Gasteiger partial charge in [0.25, 0.3) is 0 Å². The highest BCUT2D eigenvalue weighted by Gasteiger charge is 2.07. The number of ether oxygens (including phenoxy) is 2. The van der Waals surface area contributed by atoms with E-state index in [9.17, 15) is 4.39 Å². The van der Waals surface area contributed by atoms with Gasteiger partial charge in [0.1, 0.15) is 23.9 Å². The lowest BCUT2D eigenvalue weighted by atomic mass is 10.1. The maximum absolute atomic E-state index is 13.4. The van der Waals surface area contributed by atoms with E-state index in [1.165, 1.54) is 6.07 Å². The first-order valence-corrected chi connectivity index (χ1v) is 6.58. The van der Waals surface area contributed by atoms with E-state index in [2.05, 4.69) is 22.0 Å². The van der Waals surface area contributed by atoms with Gasteiger partial charge in [0, 0.05) is 11.6 Å². The van der Waals surface area contributed by atoms with Crippen LogP contribution in [0.1, 0.15) is 11.1 Å². The van der Waals surface area contributed by atoms with E-state index in [4.69, 9.17) is 14.7 Å². The molecule has 102 valence electrons. The molecule has 0 atom stereocenters. The van der Waals surface area contributed by atoms with Gasteiger partial charge < -0.3 is 9.47 Å². The van der Waals surface area contributed by atoms with Crippen molar-refractivity contribution in [2.75, 3.05) is 7.11 Å². The van der Waals surface area contributed by atoms with E-state index in [0.29, 0.717) is 21.5 Å². The molecule has 0 saturated heterocycles. The van der Waals surface area contributed by atoms with Crippen molar-refractivity contribution in [3.63, 3.8) is 0 Å². The van der Waals surface area contributed by atoms with E-state index in [-0.39, 0.29) is 12.4 Å². The van der Waals surface area contributed by atoms with Crippen molar-refractivity contribution in [1.82, 2.24) is 0 Å². The number of rotatable bonds is 4. The van der Waals surface area contributed by atoms with E-state index in [1.54, 1.807) is 37.4 Å². The third-order valence-corrected chi connectivity index (χ3v) is 3.34. The highest BCUT2D eigenvalue weighted by Crippen LogP contribution is 2.24. The van der Waals surface area contributed by atoms with Crippen LogP contribution in [0.15, 0.2) is 40.9 Å². The Balaban J connectivity index is 2.17. The highest BCUT2D eigenvalue weighted by molar-refractivity contribution is 9.10. The summed E-state index contributed by atoms with van der Waals surface area (Å²) in [5.41, 5.74) is 1.25. The monoisotopic (exact) mass is 335 g/mol. The van der Waals surface area contributed by atoms with E-state index in [0.717, 1.165) is 5.56 Å². The summed E-state index contributed by atoms with van der Waals surface area (Å²) in [6, 6.07) is 11.7.